The first-order chi connectivity index (χ1) is 15.1. The Hall–Kier alpha value is -3.34. The van der Waals surface area contributed by atoms with Gasteiger partial charge in [0.05, 0.1) is 0 Å². The molecule has 0 spiro atoms. The van der Waals surface area contributed by atoms with E-state index in [4.69, 9.17) is 4.99 Å². The number of amides is 1. The zero-order valence-corrected chi connectivity index (χ0v) is 18.7. The minimum Gasteiger partial charge on any atom is -0.357 e. The summed E-state index contributed by atoms with van der Waals surface area (Å²) >= 11 is 0. The lowest BCUT2D eigenvalue weighted by molar-refractivity contribution is 0.0827. The molecule has 0 aliphatic carbocycles. The summed E-state index contributed by atoms with van der Waals surface area (Å²) in [7, 11) is 3.54. The number of benzene rings is 3. The molecular weight excluding hydrogens is 384 g/mol. The summed E-state index contributed by atoms with van der Waals surface area (Å²) < 4.78 is 0. The predicted octanol–water partition coefficient (Wildman–Crippen LogP) is 3.88. The van der Waals surface area contributed by atoms with Gasteiger partial charge in [0.2, 0.25) is 0 Å². The van der Waals surface area contributed by atoms with Gasteiger partial charge in [0.15, 0.2) is 5.96 Å². The number of fused-ring (bicyclic) bond motifs is 1. The van der Waals surface area contributed by atoms with Crippen molar-refractivity contribution < 1.29 is 4.79 Å². The highest BCUT2D eigenvalue weighted by molar-refractivity contribution is 5.94. The molecule has 3 aromatic rings. The molecule has 2 N–H and O–H groups in total. The van der Waals surface area contributed by atoms with Crippen molar-refractivity contribution >= 4 is 22.6 Å². The van der Waals surface area contributed by atoms with Crippen LogP contribution < -0.4 is 10.6 Å². The maximum absolute atomic E-state index is 12.2. The van der Waals surface area contributed by atoms with Gasteiger partial charge in [-0.2, -0.15) is 0 Å². The quantitative estimate of drug-likeness (QED) is 0.433. The van der Waals surface area contributed by atoms with Crippen molar-refractivity contribution in [1.29, 1.82) is 0 Å². The molecule has 0 aliphatic rings. The fourth-order valence-electron chi connectivity index (χ4n) is 3.48. The van der Waals surface area contributed by atoms with Crippen LogP contribution in [0, 0.1) is 0 Å². The largest absolute Gasteiger partial charge is 0.357 e. The van der Waals surface area contributed by atoms with E-state index in [1.165, 1.54) is 16.3 Å². The summed E-state index contributed by atoms with van der Waals surface area (Å²) in [5, 5.41) is 9.24. The second-order valence-electron chi connectivity index (χ2n) is 7.77. The van der Waals surface area contributed by atoms with Crippen LogP contribution in [0.1, 0.15) is 28.4 Å². The van der Waals surface area contributed by atoms with E-state index in [9.17, 15) is 4.79 Å². The molecule has 3 rings (SSSR count). The van der Waals surface area contributed by atoms with E-state index in [0.717, 1.165) is 49.6 Å². The Labute approximate surface area is 185 Å². The Morgan fingerprint density at radius 2 is 1.65 bits per heavy atom. The highest BCUT2D eigenvalue weighted by Crippen LogP contribution is 2.16. The van der Waals surface area contributed by atoms with Gasteiger partial charge in [-0.15, -0.1) is 0 Å². The minimum atomic E-state index is 0.0263. The van der Waals surface area contributed by atoms with Gasteiger partial charge in [-0.1, -0.05) is 54.6 Å². The van der Waals surface area contributed by atoms with Crippen LogP contribution in [0.25, 0.3) is 10.8 Å². The standard InChI is InChI=1S/C26H32N4O/c1-4-27-26(28-16-14-20-8-7-11-24(19-20)25(31)30(2)3)29-17-15-21-12-13-22-9-5-6-10-23(22)18-21/h5-13,18-19H,4,14-17H2,1-3H3,(H2,27,28,29). The second kappa shape index (κ2) is 11.2. The zero-order chi connectivity index (χ0) is 22.1. The van der Waals surface area contributed by atoms with E-state index in [-0.39, 0.29) is 5.91 Å². The van der Waals surface area contributed by atoms with Crippen LogP contribution in [0.4, 0.5) is 0 Å². The van der Waals surface area contributed by atoms with Crippen LogP contribution >= 0.6 is 0 Å². The summed E-state index contributed by atoms with van der Waals surface area (Å²) in [6.45, 7) is 4.35. The molecule has 0 fully saturated rings. The topological polar surface area (TPSA) is 56.7 Å². The van der Waals surface area contributed by atoms with Gasteiger partial charge in [0, 0.05) is 39.3 Å². The Kier molecular flexibility index (Phi) is 8.05. The van der Waals surface area contributed by atoms with Crippen LogP contribution in [0.15, 0.2) is 71.7 Å². The monoisotopic (exact) mass is 416 g/mol. The molecule has 0 atom stereocenters. The first-order valence-electron chi connectivity index (χ1n) is 10.9. The Morgan fingerprint density at radius 1 is 0.871 bits per heavy atom. The molecule has 1 amide bonds. The fourth-order valence-corrected chi connectivity index (χ4v) is 3.48. The van der Waals surface area contributed by atoms with Crippen molar-refractivity contribution in [2.24, 2.45) is 4.99 Å². The first-order valence-corrected chi connectivity index (χ1v) is 10.9. The summed E-state index contributed by atoms with van der Waals surface area (Å²) in [5.41, 5.74) is 3.14. The lowest BCUT2D eigenvalue weighted by atomic mass is 10.1. The van der Waals surface area contributed by atoms with E-state index in [1.54, 1.807) is 19.0 Å². The molecule has 0 saturated heterocycles. The third-order valence-corrected chi connectivity index (χ3v) is 5.11. The molecular formula is C26H32N4O. The lowest BCUT2D eigenvalue weighted by Gasteiger charge is -2.13. The number of hydrogen-bond donors (Lipinski definition) is 2. The zero-order valence-electron chi connectivity index (χ0n) is 18.7. The number of nitrogens with one attached hydrogen (secondary N) is 2. The van der Waals surface area contributed by atoms with Gasteiger partial charge in [0.25, 0.3) is 5.91 Å². The third-order valence-electron chi connectivity index (χ3n) is 5.11. The molecule has 162 valence electrons. The summed E-state index contributed by atoms with van der Waals surface area (Å²) in [4.78, 5) is 18.5. The third kappa shape index (κ3) is 6.57. The number of nitrogens with zero attached hydrogens (tertiary/aromatic N) is 2. The van der Waals surface area contributed by atoms with Crippen molar-refractivity contribution in [3.63, 3.8) is 0 Å². The van der Waals surface area contributed by atoms with Crippen LogP contribution in [0.2, 0.25) is 0 Å². The average Bonchev–Trinajstić information content (AvgIpc) is 2.78. The molecule has 0 aliphatic heterocycles. The Morgan fingerprint density at radius 3 is 2.42 bits per heavy atom. The van der Waals surface area contributed by atoms with Crippen LogP contribution in [0.3, 0.4) is 0 Å². The minimum absolute atomic E-state index is 0.0263. The number of carbonyl (C=O) groups is 1. The van der Waals surface area contributed by atoms with Gasteiger partial charge in [-0.05, 0) is 53.8 Å². The molecule has 0 unspecified atom stereocenters. The molecule has 3 aromatic carbocycles. The maximum atomic E-state index is 12.2. The van der Waals surface area contributed by atoms with Gasteiger partial charge in [0.1, 0.15) is 0 Å². The molecule has 0 heterocycles. The van der Waals surface area contributed by atoms with E-state index < -0.39 is 0 Å². The summed E-state index contributed by atoms with van der Waals surface area (Å²) in [6.07, 6.45) is 1.72. The van der Waals surface area contributed by atoms with E-state index >= 15 is 0 Å². The second-order valence-corrected chi connectivity index (χ2v) is 7.77. The number of guanidine groups is 1. The van der Waals surface area contributed by atoms with Gasteiger partial charge >= 0.3 is 0 Å². The summed E-state index contributed by atoms with van der Waals surface area (Å²) in [6, 6.07) is 22.8. The molecule has 0 bridgehead atoms. The number of hydrogen-bond acceptors (Lipinski definition) is 2. The Bertz CT molecular complexity index is 1040. The number of rotatable bonds is 8. The van der Waals surface area contributed by atoms with Crippen molar-refractivity contribution in [2.45, 2.75) is 19.8 Å². The number of aliphatic imine (C=N–C) groups is 1. The van der Waals surface area contributed by atoms with Gasteiger partial charge < -0.3 is 15.5 Å². The highest BCUT2D eigenvalue weighted by atomic mass is 16.2. The molecule has 0 saturated carbocycles. The lowest BCUT2D eigenvalue weighted by Crippen LogP contribution is -2.38. The molecule has 5 nitrogen and oxygen atoms in total. The van der Waals surface area contributed by atoms with Crippen LogP contribution in [-0.2, 0) is 12.8 Å². The SMILES string of the molecule is CCNC(=NCCc1ccc2ccccc2c1)NCCc1cccc(C(=O)N(C)C)c1. The average molecular weight is 417 g/mol. The molecule has 5 heteroatoms. The van der Waals surface area contributed by atoms with Gasteiger partial charge in [-0.25, -0.2) is 0 Å². The fraction of sp³-hybridized carbons (Fsp3) is 0.308. The highest BCUT2D eigenvalue weighted by Gasteiger charge is 2.08. The van der Waals surface area contributed by atoms with Crippen LogP contribution in [-0.4, -0.2) is 50.5 Å². The van der Waals surface area contributed by atoms with E-state index in [0.29, 0.717) is 0 Å². The van der Waals surface area contributed by atoms with Crippen molar-refractivity contribution in [2.75, 3.05) is 33.7 Å². The van der Waals surface area contributed by atoms with E-state index in [1.807, 2.05) is 18.2 Å². The Balaban J connectivity index is 1.53. The first kappa shape index (κ1) is 22.3. The van der Waals surface area contributed by atoms with Crippen LogP contribution in [0.5, 0.6) is 0 Å². The van der Waals surface area contributed by atoms with Crippen molar-refractivity contribution in [1.82, 2.24) is 15.5 Å². The molecule has 31 heavy (non-hydrogen) atoms. The predicted molar refractivity (Wildman–Crippen MR) is 130 cm³/mol. The van der Waals surface area contributed by atoms with Gasteiger partial charge in [-0.3, -0.25) is 9.79 Å². The molecule has 0 radical (unpaired) electrons. The molecule has 0 aromatic heterocycles. The van der Waals surface area contributed by atoms with Crippen molar-refractivity contribution in [3.05, 3.63) is 83.4 Å². The number of carbonyl (C=O) groups excluding carboxylic acids is 1. The normalized spacial score (nSPS) is 11.4. The maximum Gasteiger partial charge on any atom is 0.253 e. The summed E-state index contributed by atoms with van der Waals surface area (Å²) in [5.74, 6) is 0.849. The van der Waals surface area contributed by atoms with Crippen molar-refractivity contribution in [3.8, 4) is 0 Å². The smallest absolute Gasteiger partial charge is 0.253 e. The van der Waals surface area contributed by atoms with E-state index in [2.05, 4.69) is 66.1 Å².